The van der Waals surface area contributed by atoms with E-state index in [0.29, 0.717) is 17.1 Å². The van der Waals surface area contributed by atoms with E-state index >= 15 is 0 Å². The van der Waals surface area contributed by atoms with Gasteiger partial charge in [0, 0.05) is 0 Å². The van der Waals surface area contributed by atoms with Crippen molar-refractivity contribution in [3.05, 3.63) is 71.0 Å². The van der Waals surface area contributed by atoms with Gasteiger partial charge in [-0.2, -0.15) is 5.10 Å². The highest BCUT2D eigenvalue weighted by atomic mass is 35.5. The predicted molar refractivity (Wildman–Crippen MR) is 110 cm³/mol. The van der Waals surface area contributed by atoms with Gasteiger partial charge in [-0.25, -0.2) is 4.68 Å². The van der Waals surface area contributed by atoms with Gasteiger partial charge >= 0.3 is 0 Å². The van der Waals surface area contributed by atoms with Crippen molar-refractivity contribution in [2.24, 2.45) is 0 Å². The second-order valence-corrected chi connectivity index (χ2v) is 6.37. The molecule has 3 aromatic rings. The first-order valence-electron chi connectivity index (χ1n) is 8.07. The van der Waals surface area contributed by atoms with E-state index in [1.54, 1.807) is 26.2 Å². The molecule has 0 unspecified atom stereocenters. The molecule has 1 amide bonds. The third-order valence-electron chi connectivity index (χ3n) is 3.81. The summed E-state index contributed by atoms with van der Waals surface area (Å²) in [7, 11) is 1.56. The van der Waals surface area contributed by atoms with Crippen molar-refractivity contribution in [1.29, 1.82) is 0 Å². The number of aromatic nitrogens is 2. The SMILES string of the molecule is COc1ccccc1NC(=S)NC(=O)c1c(C)nn(-c2ccccc2)c1Cl. The third-order valence-corrected chi connectivity index (χ3v) is 4.37. The number of nitrogens with one attached hydrogen (secondary N) is 2. The zero-order valence-electron chi connectivity index (χ0n) is 14.7. The number of anilines is 1. The maximum atomic E-state index is 12.7. The van der Waals surface area contributed by atoms with Gasteiger partial charge in [0.15, 0.2) is 5.11 Å². The summed E-state index contributed by atoms with van der Waals surface area (Å²) in [5.41, 5.74) is 2.18. The highest BCUT2D eigenvalue weighted by Crippen LogP contribution is 2.24. The van der Waals surface area contributed by atoms with E-state index in [1.807, 2.05) is 42.5 Å². The van der Waals surface area contributed by atoms with Gasteiger partial charge in [-0.05, 0) is 43.4 Å². The molecule has 1 aromatic heterocycles. The molecule has 0 saturated carbocycles. The Morgan fingerprint density at radius 3 is 2.52 bits per heavy atom. The van der Waals surface area contributed by atoms with E-state index in [0.717, 1.165) is 5.69 Å². The lowest BCUT2D eigenvalue weighted by Crippen LogP contribution is -2.34. The van der Waals surface area contributed by atoms with Crippen molar-refractivity contribution in [2.75, 3.05) is 12.4 Å². The van der Waals surface area contributed by atoms with Gasteiger partial charge < -0.3 is 10.1 Å². The zero-order chi connectivity index (χ0) is 19.4. The molecule has 0 saturated heterocycles. The zero-order valence-corrected chi connectivity index (χ0v) is 16.3. The number of amides is 1. The molecule has 6 nitrogen and oxygen atoms in total. The van der Waals surface area contributed by atoms with Gasteiger partial charge in [-0.15, -0.1) is 0 Å². The molecule has 0 aliphatic carbocycles. The number of ether oxygens (including phenoxy) is 1. The maximum Gasteiger partial charge on any atom is 0.262 e. The number of hydrogen-bond acceptors (Lipinski definition) is 4. The summed E-state index contributed by atoms with van der Waals surface area (Å²) >= 11 is 11.6. The summed E-state index contributed by atoms with van der Waals surface area (Å²) in [6.07, 6.45) is 0. The van der Waals surface area contributed by atoms with Crippen molar-refractivity contribution in [1.82, 2.24) is 15.1 Å². The third kappa shape index (κ3) is 4.10. The van der Waals surface area contributed by atoms with E-state index in [9.17, 15) is 4.79 Å². The predicted octanol–water partition coefficient (Wildman–Crippen LogP) is 3.97. The van der Waals surface area contributed by atoms with Crippen LogP contribution in [0.4, 0.5) is 5.69 Å². The number of rotatable bonds is 4. The summed E-state index contributed by atoms with van der Waals surface area (Å²) in [4.78, 5) is 12.7. The molecule has 0 atom stereocenters. The van der Waals surface area contributed by atoms with Gasteiger partial charge in [-0.3, -0.25) is 10.1 Å². The van der Waals surface area contributed by atoms with Crippen LogP contribution in [0.2, 0.25) is 5.15 Å². The van der Waals surface area contributed by atoms with Crippen LogP contribution in [0.15, 0.2) is 54.6 Å². The number of halogens is 1. The first kappa shape index (κ1) is 18.9. The first-order valence-corrected chi connectivity index (χ1v) is 8.85. The van der Waals surface area contributed by atoms with Gasteiger partial charge in [0.25, 0.3) is 5.91 Å². The van der Waals surface area contributed by atoms with Crippen LogP contribution in [-0.2, 0) is 0 Å². The molecule has 0 bridgehead atoms. The van der Waals surface area contributed by atoms with Crippen LogP contribution in [0.25, 0.3) is 5.69 Å². The highest BCUT2D eigenvalue weighted by Gasteiger charge is 2.22. The normalized spacial score (nSPS) is 10.3. The van der Waals surface area contributed by atoms with Crippen molar-refractivity contribution in [3.8, 4) is 11.4 Å². The molecule has 2 aromatic carbocycles. The smallest absolute Gasteiger partial charge is 0.262 e. The summed E-state index contributed by atoms with van der Waals surface area (Å²) < 4.78 is 6.77. The molecule has 138 valence electrons. The van der Waals surface area contributed by atoms with Crippen LogP contribution in [-0.4, -0.2) is 27.9 Å². The van der Waals surface area contributed by atoms with E-state index in [2.05, 4.69) is 15.7 Å². The fourth-order valence-corrected chi connectivity index (χ4v) is 3.13. The molecule has 0 aliphatic rings. The maximum absolute atomic E-state index is 12.7. The molecular weight excluding hydrogens is 384 g/mol. The number of hydrogen-bond donors (Lipinski definition) is 2. The monoisotopic (exact) mass is 400 g/mol. The summed E-state index contributed by atoms with van der Waals surface area (Å²) in [6, 6.07) is 16.6. The lowest BCUT2D eigenvalue weighted by atomic mass is 10.2. The second kappa shape index (κ2) is 8.20. The van der Waals surface area contributed by atoms with Crippen LogP contribution in [0, 0.1) is 6.92 Å². The molecule has 3 rings (SSSR count). The minimum Gasteiger partial charge on any atom is -0.495 e. The quantitative estimate of drug-likeness (QED) is 0.648. The Balaban J connectivity index is 1.78. The Morgan fingerprint density at radius 1 is 1.15 bits per heavy atom. The fourth-order valence-electron chi connectivity index (χ4n) is 2.56. The Hall–Kier alpha value is -2.90. The molecule has 0 radical (unpaired) electrons. The Labute approximate surface area is 167 Å². The molecule has 1 heterocycles. The van der Waals surface area contributed by atoms with E-state index < -0.39 is 5.91 Å². The van der Waals surface area contributed by atoms with Gasteiger partial charge in [-0.1, -0.05) is 41.9 Å². The van der Waals surface area contributed by atoms with Gasteiger partial charge in [0.2, 0.25) is 0 Å². The van der Waals surface area contributed by atoms with Crippen molar-refractivity contribution >= 4 is 40.5 Å². The summed E-state index contributed by atoms with van der Waals surface area (Å²) in [6.45, 7) is 1.72. The van der Waals surface area contributed by atoms with Gasteiger partial charge in [0.1, 0.15) is 16.5 Å². The number of para-hydroxylation sites is 3. The van der Waals surface area contributed by atoms with E-state index in [1.165, 1.54) is 4.68 Å². The largest absolute Gasteiger partial charge is 0.495 e. The number of methoxy groups -OCH3 is 1. The standard InChI is InChI=1S/C19H17ClN4O2S/c1-12-16(17(20)24(23-12)13-8-4-3-5-9-13)18(25)22-19(27)21-14-10-6-7-11-15(14)26-2/h3-11H,1-2H3,(H2,21,22,25,27). The van der Waals surface area contributed by atoms with E-state index in [4.69, 9.17) is 28.6 Å². The lowest BCUT2D eigenvalue weighted by Gasteiger charge is -2.12. The fraction of sp³-hybridized carbons (Fsp3) is 0.105. The summed E-state index contributed by atoms with van der Waals surface area (Å²) in [5, 5.41) is 10.3. The molecule has 8 heteroatoms. The van der Waals surface area contributed by atoms with Crippen LogP contribution in [0.1, 0.15) is 16.1 Å². The van der Waals surface area contributed by atoms with Gasteiger partial charge in [0.05, 0.1) is 24.2 Å². The summed E-state index contributed by atoms with van der Waals surface area (Å²) in [5.74, 6) is 0.173. The number of aryl methyl sites for hydroxylation is 1. The lowest BCUT2D eigenvalue weighted by molar-refractivity contribution is 0.0977. The molecule has 0 fully saturated rings. The van der Waals surface area contributed by atoms with Crippen molar-refractivity contribution in [3.63, 3.8) is 0 Å². The van der Waals surface area contributed by atoms with Crippen molar-refractivity contribution < 1.29 is 9.53 Å². The Morgan fingerprint density at radius 2 is 1.81 bits per heavy atom. The minimum atomic E-state index is -0.438. The topological polar surface area (TPSA) is 68.2 Å². The molecular formula is C19H17ClN4O2S. The van der Waals surface area contributed by atoms with Crippen LogP contribution in [0.3, 0.4) is 0 Å². The number of nitrogens with zero attached hydrogens (tertiary/aromatic N) is 2. The first-order chi connectivity index (χ1) is 13.0. The average Bonchev–Trinajstić information content (AvgIpc) is 2.97. The number of benzene rings is 2. The van der Waals surface area contributed by atoms with E-state index in [-0.39, 0.29) is 15.8 Å². The minimum absolute atomic E-state index is 0.132. The number of carbonyl (C=O) groups is 1. The highest BCUT2D eigenvalue weighted by molar-refractivity contribution is 7.80. The van der Waals surface area contributed by atoms with Crippen LogP contribution in [0.5, 0.6) is 5.75 Å². The molecule has 0 aliphatic heterocycles. The van der Waals surface area contributed by atoms with Crippen LogP contribution >= 0.6 is 23.8 Å². The van der Waals surface area contributed by atoms with Crippen LogP contribution < -0.4 is 15.4 Å². The molecule has 0 spiro atoms. The second-order valence-electron chi connectivity index (χ2n) is 5.61. The number of thiocarbonyl (C=S) groups is 1. The van der Waals surface area contributed by atoms with Crippen molar-refractivity contribution in [2.45, 2.75) is 6.92 Å². The molecule has 2 N–H and O–H groups in total. The number of carbonyl (C=O) groups excluding carboxylic acids is 1. The Bertz CT molecular complexity index is 989. The Kier molecular flexibility index (Phi) is 5.73. The molecule has 27 heavy (non-hydrogen) atoms. The average molecular weight is 401 g/mol.